The van der Waals surface area contributed by atoms with Crippen LogP contribution in [0.5, 0.6) is 11.5 Å². The second-order valence-electron chi connectivity index (χ2n) is 6.47. The Morgan fingerprint density at radius 2 is 1.85 bits per heavy atom. The van der Waals surface area contributed by atoms with Gasteiger partial charge in [0.15, 0.2) is 0 Å². The van der Waals surface area contributed by atoms with Crippen molar-refractivity contribution in [1.82, 2.24) is 15.6 Å². The number of carbonyl (C=O) groups excluding carboxylic acids is 3. The number of amides is 3. The van der Waals surface area contributed by atoms with E-state index in [1.165, 1.54) is 29.8 Å². The predicted molar refractivity (Wildman–Crippen MR) is 132 cm³/mol. The van der Waals surface area contributed by atoms with Crippen molar-refractivity contribution in [2.45, 2.75) is 6.54 Å². The third kappa shape index (κ3) is 6.77. The van der Waals surface area contributed by atoms with Crippen LogP contribution in [-0.2, 0) is 11.3 Å². The van der Waals surface area contributed by atoms with Crippen LogP contribution < -0.4 is 20.7 Å². The van der Waals surface area contributed by atoms with Gasteiger partial charge in [-0.3, -0.25) is 15.1 Å². The number of halogens is 1. The number of nitrogens with one attached hydrogen (secondary N) is 3. The lowest BCUT2D eigenvalue weighted by atomic mass is 10.2. The van der Waals surface area contributed by atoms with Gasteiger partial charge in [-0.15, -0.1) is 11.3 Å². The molecule has 0 atom stereocenters. The number of hydrogen-bond acceptors (Lipinski definition) is 7. The van der Waals surface area contributed by atoms with E-state index in [0.717, 1.165) is 11.8 Å². The summed E-state index contributed by atoms with van der Waals surface area (Å²) in [6.45, 7) is 7.04. The van der Waals surface area contributed by atoms with Gasteiger partial charge < -0.3 is 20.1 Å². The van der Waals surface area contributed by atoms with Gasteiger partial charge in [-0.1, -0.05) is 25.3 Å². The fourth-order valence-corrected chi connectivity index (χ4v) is 4.13. The van der Waals surface area contributed by atoms with Crippen LogP contribution >= 0.6 is 27.3 Å². The Morgan fingerprint density at radius 3 is 2.56 bits per heavy atom. The zero-order valence-corrected chi connectivity index (χ0v) is 20.1. The Bertz CT molecular complexity index is 1230. The number of urea groups is 1. The van der Waals surface area contributed by atoms with Crippen molar-refractivity contribution in [3.8, 4) is 11.5 Å². The molecular formula is C23H19BrN4O5S. The van der Waals surface area contributed by atoms with E-state index in [0.29, 0.717) is 20.3 Å². The monoisotopic (exact) mass is 542 g/mol. The average Bonchev–Trinajstić information content (AvgIpc) is 3.19. The number of thiophene rings is 1. The molecule has 11 heteroatoms. The molecule has 0 saturated heterocycles. The molecule has 0 spiro atoms. The van der Waals surface area contributed by atoms with Crippen molar-refractivity contribution in [3.63, 3.8) is 0 Å². The molecule has 174 valence electrons. The van der Waals surface area contributed by atoms with Crippen LogP contribution in [-0.4, -0.2) is 22.9 Å². The molecule has 1 aromatic carbocycles. The quantitative estimate of drug-likeness (QED) is 0.253. The summed E-state index contributed by atoms with van der Waals surface area (Å²) in [5.41, 5.74) is 1.24. The molecular weight excluding hydrogens is 524 g/mol. The highest BCUT2D eigenvalue weighted by Gasteiger charge is 2.18. The van der Waals surface area contributed by atoms with E-state index in [-0.39, 0.29) is 23.7 Å². The van der Waals surface area contributed by atoms with Gasteiger partial charge in [0.2, 0.25) is 0 Å². The predicted octanol–water partition coefficient (Wildman–Crippen LogP) is 5.19. The second-order valence-corrected chi connectivity index (χ2v) is 8.90. The summed E-state index contributed by atoms with van der Waals surface area (Å²) >= 11 is 4.48. The maximum Gasteiger partial charge on any atom is 0.345 e. The summed E-state index contributed by atoms with van der Waals surface area (Å²) in [5.74, 6) is -0.0177. The maximum absolute atomic E-state index is 12.3. The van der Waals surface area contributed by atoms with Gasteiger partial charge in [0.05, 0.1) is 15.6 Å². The van der Waals surface area contributed by atoms with Gasteiger partial charge in [0.1, 0.15) is 22.2 Å². The number of esters is 1. The lowest BCUT2D eigenvalue weighted by Crippen LogP contribution is -2.28. The SMILES string of the molecule is C=CNC(=O)c1cc(Oc2ccc(CNC(=O)Nc3sc(Br)cc3C(=O)OC=C)cc2)ccn1. The number of ether oxygens (including phenoxy) is 2. The summed E-state index contributed by atoms with van der Waals surface area (Å²) in [4.78, 5) is 40.1. The van der Waals surface area contributed by atoms with Gasteiger partial charge in [-0.2, -0.15) is 0 Å². The molecule has 34 heavy (non-hydrogen) atoms. The molecule has 0 bridgehead atoms. The molecule has 3 rings (SSSR count). The standard InChI is InChI=1S/C23H19BrN4O5S/c1-3-25-20(29)18-11-16(9-10-26-18)33-15-7-5-14(6-8-15)13-27-23(31)28-21-17(12-19(24)34-21)22(30)32-4-2/h3-12H,1-2,13H2,(H,25,29)(H2,27,28,31). The first-order chi connectivity index (χ1) is 16.4. The Kier molecular flexibility index (Phi) is 8.54. The van der Waals surface area contributed by atoms with E-state index in [1.807, 2.05) is 0 Å². The van der Waals surface area contributed by atoms with Gasteiger partial charge in [-0.05, 0) is 52.0 Å². The molecule has 0 aliphatic heterocycles. The van der Waals surface area contributed by atoms with E-state index in [4.69, 9.17) is 9.47 Å². The Hall–Kier alpha value is -3.96. The van der Waals surface area contributed by atoms with Gasteiger partial charge in [-0.25, -0.2) is 9.59 Å². The molecule has 9 nitrogen and oxygen atoms in total. The minimum Gasteiger partial charge on any atom is -0.457 e. The minimum atomic E-state index is -0.620. The molecule has 0 unspecified atom stereocenters. The zero-order chi connectivity index (χ0) is 24.5. The highest BCUT2D eigenvalue weighted by molar-refractivity contribution is 9.11. The summed E-state index contributed by atoms with van der Waals surface area (Å²) in [6, 6.07) is 11.3. The number of benzene rings is 1. The van der Waals surface area contributed by atoms with E-state index < -0.39 is 12.0 Å². The average molecular weight is 543 g/mol. The third-order valence-electron chi connectivity index (χ3n) is 4.15. The number of rotatable bonds is 9. The third-order valence-corrected chi connectivity index (χ3v) is 5.70. The van der Waals surface area contributed by atoms with Crippen molar-refractivity contribution in [1.29, 1.82) is 0 Å². The highest BCUT2D eigenvalue weighted by Crippen LogP contribution is 2.32. The Labute approximate surface area is 207 Å². The Morgan fingerprint density at radius 1 is 1.09 bits per heavy atom. The van der Waals surface area contributed by atoms with Crippen molar-refractivity contribution in [3.05, 3.63) is 94.9 Å². The van der Waals surface area contributed by atoms with Crippen LogP contribution in [0.15, 0.2) is 78.1 Å². The molecule has 0 aliphatic rings. The largest absolute Gasteiger partial charge is 0.457 e. The zero-order valence-electron chi connectivity index (χ0n) is 17.7. The molecule has 0 saturated carbocycles. The van der Waals surface area contributed by atoms with Crippen LogP contribution in [0.2, 0.25) is 0 Å². The van der Waals surface area contributed by atoms with Gasteiger partial charge in [0, 0.05) is 18.8 Å². The highest BCUT2D eigenvalue weighted by atomic mass is 79.9. The first-order valence-corrected chi connectivity index (χ1v) is 11.3. The summed E-state index contributed by atoms with van der Waals surface area (Å²) in [7, 11) is 0. The molecule has 3 aromatic rings. The summed E-state index contributed by atoms with van der Waals surface area (Å²) in [5, 5.41) is 8.16. The van der Waals surface area contributed by atoms with E-state index in [1.54, 1.807) is 36.4 Å². The first-order valence-electron chi connectivity index (χ1n) is 9.70. The van der Waals surface area contributed by atoms with Crippen molar-refractivity contribution in [2.75, 3.05) is 5.32 Å². The molecule has 2 heterocycles. The molecule has 0 radical (unpaired) electrons. The summed E-state index contributed by atoms with van der Waals surface area (Å²) in [6.07, 6.45) is 3.77. The van der Waals surface area contributed by atoms with Gasteiger partial charge >= 0.3 is 12.0 Å². The van der Waals surface area contributed by atoms with Crippen molar-refractivity contribution < 1.29 is 23.9 Å². The number of aromatic nitrogens is 1. The maximum atomic E-state index is 12.3. The van der Waals surface area contributed by atoms with Crippen LogP contribution in [0.25, 0.3) is 0 Å². The first kappa shape index (κ1) is 24.7. The van der Waals surface area contributed by atoms with E-state index in [2.05, 4.69) is 50.0 Å². The molecule has 0 aliphatic carbocycles. The van der Waals surface area contributed by atoms with Crippen molar-refractivity contribution in [2.24, 2.45) is 0 Å². The van der Waals surface area contributed by atoms with Crippen LogP contribution in [0.4, 0.5) is 9.80 Å². The lowest BCUT2D eigenvalue weighted by Gasteiger charge is -2.09. The van der Waals surface area contributed by atoms with E-state index >= 15 is 0 Å². The van der Waals surface area contributed by atoms with Gasteiger partial charge in [0.25, 0.3) is 5.91 Å². The van der Waals surface area contributed by atoms with Crippen LogP contribution in [0, 0.1) is 0 Å². The minimum absolute atomic E-state index is 0.197. The normalized spacial score (nSPS) is 10.0. The Balaban J connectivity index is 1.56. The lowest BCUT2D eigenvalue weighted by molar-refractivity contribution is 0.0665. The smallest absolute Gasteiger partial charge is 0.345 e. The number of pyridine rings is 1. The van der Waals surface area contributed by atoms with Crippen LogP contribution in [0.1, 0.15) is 26.4 Å². The molecule has 0 fully saturated rings. The fraction of sp³-hybridized carbons (Fsp3) is 0.0435. The number of nitrogens with zero attached hydrogens (tertiary/aromatic N) is 1. The second kappa shape index (κ2) is 11.8. The van der Waals surface area contributed by atoms with E-state index in [9.17, 15) is 14.4 Å². The van der Waals surface area contributed by atoms with Crippen molar-refractivity contribution >= 4 is 50.2 Å². The fourth-order valence-electron chi connectivity index (χ4n) is 2.65. The molecule has 2 aromatic heterocycles. The summed E-state index contributed by atoms with van der Waals surface area (Å²) < 4.78 is 11.2. The molecule has 3 N–H and O–H groups in total. The topological polar surface area (TPSA) is 119 Å². The number of anilines is 1. The van der Waals surface area contributed by atoms with Crippen LogP contribution in [0.3, 0.4) is 0 Å². The number of carbonyl (C=O) groups is 3. The molecule has 3 amide bonds. The number of hydrogen-bond donors (Lipinski definition) is 3.